The van der Waals surface area contributed by atoms with Crippen LogP contribution in [0.25, 0.3) is 0 Å². The van der Waals surface area contributed by atoms with E-state index in [1.165, 1.54) is 31.2 Å². The van der Waals surface area contributed by atoms with Crippen LogP contribution >= 0.6 is 0 Å². The summed E-state index contributed by atoms with van der Waals surface area (Å²) in [5.74, 6) is 0.676. The predicted octanol–water partition coefficient (Wildman–Crippen LogP) is 3.95. The van der Waals surface area contributed by atoms with Gasteiger partial charge < -0.3 is 5.73 Å². The molecule has 1 nitrogen and oxygen atoms in total. The molecule has 0 spiro atoms. The van der Waals surface area contributed by atoms with Crippen LogP contribution in [0.4, 0.5) is 5.69 Å². The van der Waals surface area contributed by atoms with Crippen molar-refractivity contribution in [2.45, 2.75) is 45.4 Å². The molecule has 0 aliphatic heterocycles. The number of nitrogens with two attached hydrogens (primary N) is 1. The fourth-order valence-corrected chi connectivity index (χ4v) is 2.85. The lowest BCUT2D eigenvalue weighted by molar-refractivity contribution is 0.220. The third-order valence-corrected chi connectivity index (χ3v) is 3.64. The molecule has 15 heavy (non-hydrogen) atoms. The molecule has 0 radical (unpaired) electrons. The monoisotopic (exact) mass is 203 g/mol. The quantitative estimate of drug-likeness (QED) is 0.687. The van der Waals surface area contributed by atoms with Crippen molar-refractivity contribution in [3.63, 3.8) is 0 Å². The van der Waals surface area contributed by atoms with E-state index in [0.717, 1.165) is 5.69 Å². The second-order valence-corrected chi connectivity index (χ2v) is 5.59. The lowest BCUT2D eigenvalue weighted by Gasteiger charge is -2.35. The zero-order valence-electron chi connectivity index (χ0n) is 9.79. The van der Waals surface area contributed by atoms with Gasteiger partial charge in [0.05, 0.1) is 0 Å². The molecule has 1 aliphatic carbocycles. The molecule has 1 aromatic rings. The SMILES string of the molecule is CC1(C)CCCC(c2ccccc2N)C1. The fourth-order valence-electron chi connectivity index (χ4n) is 2.85. The Labute approximate surface area is 92.7 Å². The minimum Gasteiger partial charge on any atom is -0.398 e. The smallest absolute Gasteiger partial charge is 0.0349 e. The lowest BCUT2D eigenvalue weighted by atomic mass is 9.70. The van der Waals surface area contributed by atoms with Crippen molar-refractivity contribution in [1.29, 1.82) is 0 Å². The second-order valence-electron chi connectivity index (χ2n) is 5.59. The molecule has 1 aromatic carbocycles. The molecule has 1 saturated carbocycles. The number of nitrogen functional groups attached to an aromatic ring is 1. The molecule has 1 aliphatic rings. The van der Waals surface area contributed by atoms with Gasteiger partial charge in [0.2, 0.25) is 0 Å². The fraction of sp³-hybridized carbons (Fsp3) is 0.571. The first-order chi connectivity index (χ1) is 7.08. The number of para-hydroxylation sites is 1. The minimum atomic E-state index is 0.491. The van der Waals surface area contributed by atoms with Crippen LogP contribution in [0.15, 0.2) is 24.3 Å². The summed E-state index contributed by atoms with van der Waals surface area (Å²) in [6, 6.07) is 8.35. The molecule has 0 saturated heterocycles. The summed E-state index contributed by atoms with van der Waals surface area (Å²) in [5, 5.41) is 0. The summed E-state index contributed by atoms with van der Waals surface area (Å²) >= 11 is 0. The maximum atomic E-state index is 6.04. The standard InChI is InChI=1S/C14H21N/c1-14(2)9-5-6-11(10-14)12-7-3-4-8-13(12)15/h3-4,7-8,11H,5-6,9-10,15H2,1-2H3. The summed E-state index contributed by atoms with van der Waals surface area (Å²) in [7, 11) is 0. The van der Waals surface area contributed by atoms with E-state index in [2.05, 4.69) is 26.0 Å². The largest absolute Gasteiger partial charge is 0.398 e. The average Bonchev–Trinajstić information content (AvgIpc) is 2.17. The van der Waals surface area contributed by atoms with Gasteiger partial charge in [-0.1, -0.05) is 38.5 Å². The Kier molecular flexibility index (Phi) is 2.72. The summed E-state index contributed by atoms with van der Waals surface area (Å²) in [6.07, 6.45) is 5.28. The minimum absolute atomic E-state index is 0.491. The maximum Gasteiger partial charge on any atom is 0.0349 e. The summed E-state index contributed by atoms with van der Waals surface area (Å²) in [5.41, 5.74) is 8.87. The molecule has 0 aromatic heterocycles. The summed E-state index contributed by atoms with van der Waals surface area (Å²) in [6.45, 7) is 4.75. The van der Waals surface area contributed by atoms with Crippen molar-refractivity contribution in [3.05, 3.63) is 29.8 Å². The predicted molar refractivity (Wildman–Crippen MR) is 65.8 cm³/mol. The first-order valence-corrected chi connectivity index (χ1v) is 5.93. The van der Waals surface area contributed by atoms with E-state index >= 15 is 0 Å². The van der Waals surface area contributed by atoms with Crippen LogP contribution in [0.5, 0.6) is 0 Å². The van der Waals surface area contributed by atoms with Crippen molar-refractivity contribution >= 4 is 5.69 Å². The Bertz CT molecular complexity index is 341. The molecule has 0 amide bonds. The van der Waals surface area contributed by atoms with E-state index in [0.29, 0.717) is 11.3 Å². The van der Waals surface area contributed by atoms with E-state index in [1.807, 2.05) is 12.1 Å². The van der Waals surface area contributed by atoms with E-state index < -0.39 is 0 Å². The van der Waals surface area contributed by atoms with Crippen LogP contribution in [0.2, 0.25) is 0 Å². The molecule has 1 fully saturated rings. The number of rotatable bonds is 1. The van der Waals surface area contributed by atoms with Crippen molar-refractivity contribution in [3.8, 4) is 0 Å². The highest BCUT2D eigenvalue weighted by molar-refractivity contribution is 5.48. The molecule has 1 atom stereocenters. The summed E-state index contributed by atoms with van der Waals surface area (Å²) in [4.78, 5) is 0. The summed E-state index contributed by atoms with van der Waals surface area (Å²) < 4.78 is 0. The van der Waals surface area contributed by atoms with E-state index in [-0.39, 0.29) is 0 Å². The number of anilines is 1. The molecule has 82 valence electrons. The van der Waals surface area contributed by atoms with Gasteiger partial charge >= 0.3 is 0 Å². The maximum absolute atomic E-state index is 6.04. The van der Waals surface area contributed by atoms with Gasteiger partial charge in [0.25, 0.3) is 0 Å². The van der Waals surface area contributed by atoms with Gasteiger partial charge in [-0.3, -0.25) is 0 Å². The van der Waals surface area contributed by atoms with Crippen LogP contribution in [0.3, 0.4) is 0 Å². The molecule has 2 N–H and O–H groups in total. The highest BCUT2D eigenvalue weighted by Gasteiger charge is 2.29. The Balaban J connectivity index is 2.21. The molecular weight excluding hydrogens is 182 g/mol. The third-order valence-electron chi connectivity index (χ3n) is 3.64. The van der Waals surface area contributed by atoms with Crippen LogP contribution in [-0.4, -0.2) is 0 Å². The van der Waals surface area contributed by atoms with E-state index in [9.17, 15) is 0 Å². The molecule has 0 bridgehead atoms. The van der Waals surface area contributed by atoms with Crippen LogP contribution in [-0.2, 0) is 0 Å². The van der Waals surface area contributed by atoms with E-state index in [4.69, 9.17) is 5.73 Å². The van der Waals surface area contributed by atoms with Gasteiger partial charge in [-0.25, -0.2) is 0 Å². The van der Waals surface area contributed by atoms with E-state index in [1.54, 1.807) is 0 Å². The van der Waals surface area contributed by atoms with Crippen LogP contribution in [0, 0.1) is 5.41 Å². The third kappa shape index (κ3) is 2.34. The molecular formula is C14H21N. The Morgan fingerprint density at radius 1 is 1.27 bits per heavy atom. The van der Waals surface area contributed by atoms with Crippen molar-refractivity contribution in [2.75, 3.05) is 5.73 Å². The van der Waals surface area contributed by atoms with Crippen molar-refractivity contribution in [2.24, 2.45) is 5.41 Å². The lowest BCUT2D eigenvalue weighted by Crippen LogP contribution is -2.21. The zero-order valence-corrected chi connectivity index (χ0v) is 9.79. The van der Waals surface area contributed by atoms with Crippen molar-refractivity contribution < 1.29 is 0 Å². The van der Waals surface area contributed by atoms with Gasteiger partial charge in [0.1, 0.15) is 0 Å². The second kappa shape index (κ2) is 3.88. The Morgan fingerprint density at radius 2 is 2.00 bits per heavy atom. The number of hydrogen-bond acceptors (Lipinski definition) is 1. The van der Waals surface area contributed by atoms with Crippen LogP contribution in [0.1, 0.15) is 51.0 Å². The molecule has 0 heterocycles. The number of benzene rings is 1. The van der Waals surface area contributed by atoms with Gasteiger partial charge in [-0.05, 0) is 42.2 Å². The molecule has 2 rings (SSSR count). The van der Waals surface area contributed by atoms with Gasteiger partial charge in [0, 0.05) is 5.69 Å². The topological polar surface area (TPSA) is 26.0 Å². The normalized spacial score (nSPS) is 25.1. The molecule has 1 heteroatoms. The van der Waals surface area contributed by atoms with Gasteiger partial charge in [0.15, 0.2) is 0 Å². The van der Waals surface area contributed by atoms with Gasteiger partial charge in [-0.15, -0.1) is 0 Å². The zero-order chi connectivity index (χ0) is 10.9. The molecule has 1 unspecified atom stereocenters. The first kappa shape index (κ1) is 10.5. The highest BCUT2D eigenvalue weighted by Crippen LogP contribution is 2.44. The Morgan fingerprint density at radius 3 is 2.67 bits per heavy atom. The van der Waals surface area contributed by atoms with Crippen LogP contribution < -0.4 is 5.73 Å². The first-order valence-electron chi connectivity index (χ1n) is 5.93. The number of hydrogen-bond donors (Lipinski definition) is 1. The van der Waals surface area contributed by atoms with Crippen molar-refractivity contribution in [1.82, 2.24) is 0 Å². The highest BCUT2D eigenvalue weighted by atomic mass is 14.6. The van der Waals surface area contributed by atoms with Gasteiger partial charge in [-0.2, -0.15) is 0 Å². The average molecular weight is 203 g/mol. The Hall–Kier alpha value is -0.980.